The third-order valence-electron chi connectivity index (χ3n) is 4.47. The molecule has 0 saturated carbocycles. The predicted molar refractivity (Wildman–Crippen MR) is 108 cm³/mol. The minimum Gasteiger partial charge on any atom is -0.493 e. The smallest absolute Gasteiger partial charge is 0.368 e. The molecule has 0 bridgehead atoms. The van der Waals surface area contributed by atoms with Crippen LogP contribution in [0.25, 0.3) is 6.08 Å². The van der Waals surface area contributed by atoms with Crippen molar-refractivity contribution in [1.29, 1.82) is 0 Å². The highest BCUT2D eigenvalue weighted by Crippen LogP contribution is 2.26. The number of oxime groups is 1. The van der Waals surface area contributed by atoms with Crippen molar-refractivity contribution in [2.75, 3.05) is 6.61 Å². The molecular formula is C23H25NO3. The first-order chi connectivity index (χ1) is 13.3. The van der Waals surface area contributed by atoms with E-state index in [0.29, 0.717) is 17.9 Å². The number of nitrogens with zero attached hydrogens (tertiary/aromatic N) is 1. The summed E-state index contributed by atoms with van der Waals surface area (Å²) in [5, 5.41) is 3.96. The number of benzene rings is 2. The van der Waals surface area contributed by atoms with Crippen molar-refractivity contribution in [3.63, 3.8) is 0 Å². The third kappa shape index (κ3) is 5.07. The number of rotatable bonds is 9. The van der Waals surface area contributed by atoms with Crippen LogP contribution in [0.15, 0.2) is 65.3 Å². The number of hydrogen-bond acceptors (Lipinski definition) is 4. The van der Waals surface area contributed by atoms with Crippen LogP contribution < -0.4 is 4.74 Å². The third-order valence-corrected chi connectivity index (χ3v) is 4.47. The molecule has 140 valence electrons. The molecule has 1 heterocycles. The molecular weight excluding hydrogens is 338 g/mol. The lowest BCUT2D eigenvalue weighted by molar-refractivity contribution is -0.136. The van der Waals surface area contributed by atoms with Crippen molar-refractivity contribution in [3.8, 4) is 5.75 Å². The topological polar surface area (TPSA) is 47.9 Å². The molecule has 0 N–H and O–H groups in total. The molecule has 0 spiro atoms. The van der Waals surface area contributed by atoms with Crippen molar-refractivity contribution in [1.82, 2.24) is 0 Å². The fourth-order valence-electron chi connectivity index (χ4n) is 2.99. The summed E-state index contributed by atoms with van der Waals surface area (Å²) in [5.41, 5.74) is 2.70. The van der Waals surface area contributed by atoms with E-state index in [4.69, 9.17) is 9.57 Å². The second-order valence-electron chi connectivity index (χ2n) is 6.54. The van der Waals surface area contributed by atoms with E-state index in [1.54, 1.807) is 6.08 Å². The summed E-state index contributed by atoms with van der Waals surface area (Å²) in [6.07, 6.45) is 7.75. The van der Waals surface area contributed by atoms with E-state index in [9.17, 15) is 4.79 Å². The Labute approximate surface area is 160 Å². The number of carbonyl (C=O) groups excluding carboxylic acids is 1. The van der Waals surface area contributed by atoms with Gasteiger partial charge in [0.05, 0.1) is 12.2 Å². The van der Waals surface area contributed by atoms with E-state index in [1.165, 1.54) is 25.7 Å². The van der Waals surface area contributed by atoms with E-state index in [-0.39, 0.29) is 0 Å². The quantitative estimate of drug-likeness (QED) is 0.341. The zero-order chi connectivity index (χ0) is 18.9. The molecule has 27 heavy (non-hydrogen) atoms. The standard InChI is InChI=1S/C23H25NO3/c1-2-3-4-5-11-16-26-21-15-10-9-14-19(21)17-20-22(24-27-23(20)25)18-12-7-6-8-13-18/h6-10,12-15,17H,2-5,11,16H2,1H3. The molecule has 2 aromatic carbocycles. The van der Waals surface area contributed by atoms with Gasteiger partial charge in [0.15, 0.2) is 0 Å². The summed E-state index contributed by atoms with van der Waals surface area (Å²) in [6, 6.07) is 17.3. The van der Waals surface area contributed by atoms with Crippen molar-refractivity contribution in [2.45, 2.75) is 39.0 Å². The molecule has 0 radical (unpaired) electrons. The van der Waals surface area contributed by atoms with Gasteiger partial charge in [0.2, 0.25) is 0 Å². The van der Waals surface area contributed by atoms with Crippen LogP contribution in [-0.2, 0) is 9.63 Å². The molecule has 0 saturated heterocycles. The van der Waals surface area contributed by atoms with Crippen molar-refractivity contribution < 1.29 is 14.4 Å². The Morgan fingerprint density at radius 3 is 2.52 bits per heavy atom. The second-order valence-corrected chi connectivity index (χ2v) is 6.54. The van der Waals surface area contributed by atoms with Gasteiger partial charge in [-0.1, -0.05) is 86.3 Å². The van der Waals surface area contributed by atoms with E-state index >= 15 is 0 Å². The molecule has 4 nitrogen and oxygen atoms in total. The SMILES string of the molecule is CCCCCCCOc1ccccc1C=C1C(=O)ON=C1c1ccccc1. The van der Waals surface area contributed by atoms with Gasteiger partial charge in [0.25, 0.3) is 0 Å². The molecule has 2 aromatic rings. The van der Waals surface area contributed by atoms with Crippen LogP contribution in [0.1, 0.15) is 50.2 Å². The minimum absolute atomic E-state index is 0.441. The highest BCUT2D eigenvalue weighted by molar-refractivity contribution is 6.31. The fraction of sp³-hybridized carbons (Fsp3) is 0.304. The van der Waals surface area contributed by atoms with Crippen LogP contribution in [0.2, 0.25) is 0 Å². The molecule has 0 amide bonds. The Hall–Kier alpha value is -2.88. The van der Waals surface area contributed by atoms with E-state index < -0.39 is 5.97 Å². The first-order valence-corrected chi connectivity index (χ1v) is 9.58. The maximum absolute atomic E-state index is 12.2. The van der Waals surface area contributed by atoms with E-state index in [2.05, 4.69) is 12.1 Å². The predicted octanol–water partition coefficient (Wildman–Crippen LogP) is 5.38. The number of carbonyl (C=O) groups is 1. The first kappa shape index (κ1) is 18.9. The average Bonchev–Trinajstić information content (AvgIpc) is 3.07. The maximum atomic E-state index is 12.2. The number of hydrogen-bond donors (Lipinski definition) is 0. The van der Waals surface area contributed by atoms with Crippen LogP contribution in [-0.4, -0.2) is 18.3 Å². The Kier molecular flexibility index (Phi) is 6.80. The van der Waals surface area contributed by atoms with Gasteiger partial charge in [0, 0.05) is 11.1 Å². The highest BCUT2D eigenvalue weighted by Gasteiger charge is 2.27. The van der Waals surface area contributed by atoms with Gasteiger partial charge in [-0.3, -0.25) is 0 Å². The zero-order valence-corrected chi connectivity index (χ0v) is 15.7. The van der Waals surface area contributed by atoms with Crippen molar-refractivity contribution in [3.05, 3.63) is 71.3 Å². The van der Waals surface area contributed by atoms with Crippen LogP contribution in [0.3, 0.4) is 0 Å². The van der Waals surface area contributed by atoms with Crippen LogP contribution in [0.5, 0.6) is 5.75 Å². The average molecular weight is 363 g/mol. The molecule has 4 heteroatoms. The zero-order valence-electron chi connectivity index (χ0n) is 15.7. The van der Waals surface area contributed by atoms with Gasteiger partial charge in [-0.15, -0.1) is 0 Å². The second kappa shape index (κ2) is 9.72. The van der Waals surface area contributed by atoms with E-state index in [1.807, 2.05) is 54.6 Å². The number of unbranched alkanes of at least 4 members (excludes halogenated alkanes) is 4. The van der Waals surface area contributed by atoms with Gasteiger partial charge in [-0.25, -0.2) is 4.79 Å². The van der Waals surface area contributed by atoms with Crippen molar-refractivity contribution in [2.24, 2.45) is 5.16 Å². The summed E-state index contributed by atoms with van der Waals surface area (Å²) in [6.45, 7) is 2.88. The molecule has 1 aliphatic heterocycles. The Bertz CT molecular complexity index is 825. The molecule has 0 fully saturated rings. The molecule has 1 aliphatic rings. The summed E-state index contributed by atoms with van der Waals surface area (Å²) >= 11 is 0. The first-order valence-electron chi connectivity index (χ1n) is 9.58. The maximum Gasteiger partial charge on any atom is 0.368 e. The molecule has 0 unspecified atom stereocenters. The summed E-state index contributed by atoms with van der Waals surface area (Å²) in [5.74, 6) is 0.329. The summed E-state index contributed by atoms with van der Waals surface area (Å²) in [7, 11) is 0. The Balaban J connectivity index is 1.74. The normalized spacial score (nSPS) is 14.9. The van der Waals surface area contributed by atoms with E-state index in [0.717, 1.165) is 23.3 Å². The van der Waals surface area contributed by atoms with Gasteiger partial charge in [-0.05, 0) is 18.6 Å². The van der Waals surface area contributed by atoms with Gasteiger partial charge < -0.3 is 9.57 Å². The molecule has 0 atom stereocenters. The molecule has 0 aliphatic carbocycles. The minimum atomic E-state index is -0.441. The van der Waals surface area contributed by atoms with Crippen LogP contribution in [0.4, 0.5) is 0 Å². The van der Waals surface area contributed by atoms with Gasteiger partial charge in [0.1, 0.15) is 11.5 Å². The number of para-hydroxylation sites is 1. The Morgan fingerprint density at radius 2 is 1.70 bits per heavy atom. The largest absolute Gasteiger partial charge is 0.493 e. The lowest BCUT2D eigenvalue weighted by Crippen LogP contribution is -2.07. The summed E-state index contributed by atoms with van der Waals surface area (Å²) < 4.78 is 5.97. The lowest BCUT2D eigenvalue weighted by atomic mass is 10.0. The lowest BCUT2D eigenvalue weighted by Gasteiger charge is -2.10. The Morgan fingerprint density at radius 1 is 0.963 bits per heavy atom. The molecule has 3 rings (SSSR count). The summed E-state index contributed by atoms with van der Waals surface area (Å²) in [4.78, 5) is 17.1. The van der Waals surface area contributed by atoms with Crippen molar-refractivity contribution >= 4 is 17.8 Å². The fourth-order valence-corrected chi connectivity index (χ4v) is 2.99. The van der Waals surface area contributed by atoms with Gasteiger partial charge in [-0.2, -0.15) is 0 Å². The van der Waals surface area contributed by atoms with Crippen LogP contribution in [0, 0.1) is 0 Å². The molecule has 0 aromatic heterocycles. The highest BCUT2D eigenvalue weighted by atomic mass is 16.7. The van der Waals surface area contributed by atoms with Crippen LogP contribution >= 0.6 is 0 Å². The number of ether oxygens (including phenoxy) is 1. The monoisotopic (exact) mass is 363 g/mol. The van der Waals surface area contributed by atoms with Gasteiger partial charge >= 0.3 is 5.97 Å².